The molecule has 0 spiro atoms. The maximum atomic E-state index is 12.2. The first-order valence-corrected chi connectivity index (χ1v) is 7.18. The summed E-state index contributed by atoms with van der Waals surface area (Å²) in [7, 11) is 0. The van der Waals surface area contributed by atoms with Crippen molar-refractivity contribution in [1.29, 1.82) is 0 Å². The number of amides is 1. The van der Waals surface area contributed by atoms with Crippen LogP contribution in [0.3, 0.4) is 0 Å². The first kappa shape index (κ1) is 17.3. The smallest absolute Gasteiger partial charge is 0.341 e. The van der Waals surface area contributed by atoms with Crippen molar-refractivity contribution in [3.05, 3.63) is 35.5 Å². The lowest BCUT2D eigenvalue weighted by molar-refractivity contribution is -0.139. The van der Waals surface area contributed by atoms with E-state index in [1.165, 1.54) is 18.2 Å². The number of aryl methyl sites for hydroxylation is 1. The largest absolute Gasteiger partial charge is 0.490 e. The summed E-state index contributed by atoms with van der Waals surface area (Å²) in [6.45, 7) is 3.39. The number of aliphatic carboxylic acids is 1. The molecule has 2 N–H and O–H groups in total. The fraction of sp³-hybridized carbons (Fsp3) is 0.333. The van der Waals surface area contributed by atoms with Gasteiger partial charge in [-0.2, -0.15) is 4.98 Å². The van der Waals surface area contributed by atoms with E-state index in [1.807, 2.05) is 0 Å². The quantitative estimate of drug-likeness (QED) is 0.737. The van der Waals surface area contributed by atoms with Crippen LogP contribution in [0.5, 0.6) is 11.5 Å². The number of aromatic nitrogens is 2. The molecule has 0 fully saturated rings. The third-order valence-corrected chi connectivity index (χ3v) is 2.83. The standard InChI is InChI=1S/C15H17N3O6/c1-3-22-12-6-10(4-5-11(12)23-8-14(19)20)15(21)16-7-13-17-9(2)18-24-13/h4-6H,3,7-8H2,1-2H3,(H,16,21)(H,19,20). The summed E-state index contributed by atoms with van der Waals surface area (Å²) in [6.07, 6.45) is 0. The molecule has 0 bridgehead atoms. The number of benzene rings is 1. The number of hydrogen-bond acceptors (Lipinski definition) is 7. The van der Waals surface area contributed by atoms with E-state index in [1.54, 1.807) is 13.8 Å². The van der Waals surface area contributed by atoms with Gasteiger partial charge in [-0.25, -0.2) is 4.79 Å². The second-order valence-electron chi connectivity index (χ2n) is 4.69. The van der Waals surface area contributed by atoms with Crippen molar-refractivity contribution in [3.63, 3.8) is 0 Å². The van der Waals surface area contributed by atoms with Crippen molar-refractivity contribution in [3.8, 4) is 11.5 Å². The average molecular weight is 335 g/mol. The minimum atomic E-state index is -1.10. The van der Waals surface area contributed by atoms with Crippen LogP contribution >= 0.6 is 0 Å². The van der Waals surface area contributed by atoms with Crippen molar-refractivity contribution in [2.75, 3.05) is 13.2 Å². The summed E-state index contributed by atoms with van der Waals surface area (Å²) >= 11 is 0. The molecular weight excluding hydrogens is 318 g/mol. The lowest BCUT2D eigenvalue weighted by Crippen LogP contribution is -2.23. The molecule has 2 aromatic rings. The number of nitrogens with one attached hydrogen (secondary N) is 1. The van der Waals surface area contributed by atoms with Crippen molar-refractivity contribution >= 4 is 11.9 Å². The Morgan fingerprint density at radius 1 is 1.29 bits per heavy atom. The molecule has 0 atom stereocenters. The van der Waals surface area contributed by atoms with E-state index in [9.17, 15) is 9.59 Å². The maximum absolute atomic E-state index is 12.2. The highest BCUT2D eigenvalue weighted by atomic mass is 16.5. The molecule has 0 aliphatic rings. The minimum absolute atomic E-state index is 0.0981. The molecule has 0 saturated heterocycles. The summed E-state index contributed by atoms with van der Waals surface area (Å²) in [4.78, 5) is 26.7. The van der Waals surface area contributed by atoms with Gasteiger partial charge in [0.05, 0.1) is 13.2 Å². The molecule has 0 radical (unpaired) electrons. The van der Waals surface area contributed by atoms with Crippen molar-refractivity contribution in [2.24, 2.45) is 0 Å². The molecular formula is C15H17N3O6. The van der Waals surface area contributed by atoms with E-state index < -0.39 is 12.6 Å². The number of carboxylic acids is 1. The molecule has 1 aromatic carbocycles. The number of carbonyl (C=O) groups excluding carboxylic acids is 1. The summed E-state index contributed by atoms with van der Waals surface area (Å²) in [6, 6.07) is 4.48. The van der Waals surface area contributed by atoms with Crippen LogP contribution in [0.4, 0.5) is 0 Å². The zero-order valence-electron chi connectivity index (χ0n) is 13.2. The lowest BCUT2D eigenvalue weighted by Gasteiger charge is -2.12. The van der Waals surface area contributed by atoms with Gasteiger partial charge in [-0.15, -0.1) is 0 Å². The zero-order chi connectivity index (χ0) is 17.5. The van der Waals surface area contributed by atoms with Crippen molar-refractivity contribution in [1.82, 2.24) is 15.5 Å². The van der Waals surface area contributed by atoms with Crippen LogP contribution in [0.15, 0.2) is 22.7 Å². The lowest BCUT2D eigenvalue weighted by atomic mass is 10.2. The topological polar surface area (TPSA) is 124 Å². The van der Waals surface area contributed by atoms with Crippen LogP contribution in [-0.2, 0) is 11.3 Å². The predicted octanol–water partition coefficient (Wildman–Crippen LogP) is 1.17. The molecule has 0 aliphatic heterocycles. The number of ether oxygens (including phenoxy) is 2. The average Bonchev–Trinajstić information content (AvgIpc) is 2.97. The summed E-state index contributed by atoms with van der Waals surface area (Å²) in [5.74, 6) is -0.140. The van der Waals surface area contributed by atoms with Crippen LogP contribution in [-0.4, -0.2) is 40.3 Å². The summed E-state index contributed by atoms with van der Waals surface area (Å²) in [5, 5.41) is 14.9. The van der Waals surface area contributed by atoms with Gasteiger partial charge in [-0.1, -0.05) is 5.16 Å². The molecule has 1 heterocycles. The Bertz CT molecular complexity index is 728. The second-order valence-corrected chi connectivity index (χ2v) is 4.69. The molecule has 2 rings (SSSR count). The number of nitrogens with zero attached hydrogens (tertiary/aromatic N) is 2. The molecule has 24 heavy (non-hydrogen) atoms. The van der Waals surface area contributed by atoms with Gasteiger partial charge in [0.25, 0.3) is 5.91 Å². The molecule has 1 amide bonds. The fourth-order valence-electron chi connectivity index (χ4n) is 1.85. The first-order chi connectivity index (χ1) is 11.5. The molecule has 0 unspecified atom stereocenters. The number of carboxylic acid groups (broad SMARTS) is 1. The van der Waals surface area contributed by atoms with Gasteiger partial charge in [-0.3, -0.25) is 4.79 Å². The van der Waals surface area contributed by atoms with E-state index in [4.69, 9.17) is 19.1 Å². The van der Waals surface area contributed by atoms with Crippen LogP contribution < -0.4 is 14.8 Å². The Labute approximate surface area is 137 Å². The number of rotatable bonds is 8. The van der Waals surface area contributed by atoms with Gasteiger partial charge in [0.15, 0.2) is 23.9 Å². The predicted molar refractivity (Wildman–Crippen MR) is 80.9 cm³/mol. The Morgan fingerprint density at radius 2 is 2.08 bits per heavy atom. The Morgan fingerprint density at radius 3 is 2.71 bits per heavy atom. The third-order valence-electron chi connectivity index (χ3n) is 2.83. The Kier molecular flexibility index (Phi) is 5.72. The zero-order valence-corrected chi connectivity index (χ0v) is 13.2. The molecule has 9 heteroatoms. The van der Waals surface area contributed by atoms with Crippen LogP contribution in [0.25, 0.3) is 0 Å². The van der Waals surface area contributed by atoms with Crippen LogP contribution in [0.1, 0.15) is 29.0 Å². The van der Waals surface area contributed by atoms with Gasteiger partial charge < -0.3 is 24.4 Å². The molecule has 1 aromatic heterocycles. The number of hydrogen-bond donors (Lipinski definition) is 2. The van der Waals surface area contributed by atoms with Crippen LogP contribution in [0.2, 0.25) is 0 Å². The third kappa shape index (κ3) is 4.70. The molecule has 128 valence electrons. The van der Waals surface area contributed by atoms with E-state index in [0.29, 0.717) is 29.6 Å². The van der Waals surface area contributed by atoms with Gasteiger partial charge in [0, 0.05) is 5.56 Å². The highest BCUT2D eigenvalue weighted by Crippen LogP contribution is 2.28. The first-order valence-electron chi connectivity index (χ1n) is 7.18. The summed E-state index contributed by atoms with van der Waals surface area (Å²) in [5.41, 5.74) is 0.331. The van der Waals surface area contributed by atoms with E-state index in [0.717, 1.165) is 0 Å². The molecule has 9 nitrogen and oxygen atoms in total. The van der Waals surface area contributed by atoms with E-state index in [2.05, 4.69) is 15.5 Å². The SMILES string of the molecule is CCOc1cc(C(=O)NCc2nc(C)no2)ccc1OCC(=O)O. The van der Waals surface area contributed by atoms with Gasteiger partial charge in [0.2, 0.25) is 5.89 Å². The van der Waals surface area contributed by atoms with Crippen LogP contribution in [0, 0.1) is 6.92 Å². The van der Waals surface area contributed by atoms with Gasteiger partial charge >= 0.3 is 5.97 Å². The monoisotopic (exact) mass is 335 g/mol. The highest BCUT2D eigenvalue weighted by molar-refractivity contribution is 5.94. The fourth-order valence-corrected chi connectivity index (χ4v) is 1.85. The molecule has 0 aliphatic carbocycles. The second kappa shape index (κ2) is 7.95. The highest BCUT2D eigenvalue weighted by Gasteiger charge is 2.13. The normalized spacial score (nSPS) is 10.2. The van der Waals surface area contributed by atoms with Gasteiger partial charge in [0.1, 0.15) is 0 Å². The Hall–Kier alpha value is -3.10. The van der Waals surface area contributed by atoms with Gasteiger partial charge in [-0.05, 0) is 32.0 Å². The Balaban J connectivity index is 2.06. The van der Waals surface area contributed by atoms with E-state index in [-0.39, 0.29) is 18.2 Å². The minimum Gasteiger partial charge on any atom is -0.490 e. The molecule has 0 saturated carbocycles. The maximum Gasteiger partial charge on any atom is 0.341 e. The number of carbonyl (C=O) groups is 2. The van der Waals surface area contributed by atoms with Crippen molar-refractivity contribution < 1.29 is 28.7 Å². The van der Waals surface area contributed by atoms with E-state index >= 15 is 0 Å². The summed E-state index contributed by atoms with van der Waals surface area (Å²) < 4.78 is 15.4. The van der Waals surface area contributed by atoms with Crippen molar-refractivity contribution in [2.45, 2.75) is 20.4 Å².